The Bertz CT molecular complexity index is 338. The lowest BCUT2D eigenvalue weighted by Gasteiger charge is -2.07. The van der Waals surface area contributed by atoms with Crippen molar-refractivity contribution in [1.29, 1.82) is 0 Å². The average Bonchev–Trinajstić information content (AvgIpc) is 2.17. The van der Waals surface area contributed by atoms with Gasteiger partial charge in [0.25, 0.3) is 0 Å². The van der Waals surface area contributed by atoms with Gasteiger partial charge < -0.3 is 20.7 Å². The van der Waals surface area contributed by atoms with Gasteiger partial charge in [0.05, 0.1) is 13.2 Å². The van der Waals surface area contributed by atoms with Crippen LogP contribution >= 0.6 is 0 Å². The van der Waals surface area contributed by atoms with Crippen LogP contribution in [0.3, 0.4) is 0 Å². The molecular weight excluding hydrogens is 186 g/mol. The zero-order valence-corrected chi connectivity index (χ0v) is 7.43. The Hall–Kier alpha value is -1.59. The minimum atomic E-state index is -0.934. The SMILES string of the molecule is NC(=O)Oc1ccc(CO)cc1CO. The number of primary amides is 1. The fraction of sp³-hybridized carbons (Fsp3) is 0.222. The highest BCUT2D eigenvalue weighted by Gasteiger charge is 2.06. The number of ether oxygens (including phenoxy) is 1. The Morgan fingerprint density at radius 3 is 2.57 bits per heavy atom. The van der Waals surface area contributed by atoms with E-state index in [1.807, 2.05) is 0 Å². The molecule has 0 saturated carbocycles. The van der Waals surface area contributed by atoms with Crippen molar-refractivity contribution in [3.05, 3.63) is 29.3 Å². The lowest BCUT2D eigenvalue weighted by atomic mass is 10.1. The number of hydrogen-bond donors (Lipinski definition) is 3. The molecule has 0 aromatic heterocycles. The van der Waals surface area contributed by atoms with Gasteiger partial charge in [-0.1, -0.05) is 6.07 Å². The summed E-state index contributed by atoms with van der Waals surface area (Å²) in [7, 11) is 0. The molecule has 0 atom stereocenters. The van der Waals surface area contributed by atoms with Crippen molar-refractivity contribution in [2.75, 3.05) is 0 Å². The number of benzene rings is 1. The summed E-state index contributed by atoms with van der Waals surface area (Å²) in [6.45, 7) is -0.416. The number of carbonyl (C=O) groups is 1. The number of rotatable bonds is 3. The Morgan fingerprint density at radius 2 is 2.07 bits per heavy atom. The first-order valence-corrected chi connectivity index (χ1v) is 3.98. The predicted molar refractivity (Wildman–Crippen MR) is 48.5 cm³/mol. The van der Waals surface area contributed by atoms with Crippen LogP contribution in [0.5, 0.6) is 5.75 Å². The summed E-state index contributed by atoms with van der Waals surface area (Å²) >= 11 is 0. The van der Waals surface area contributed by atoms with Crippen LogP contribution in [-0.2, 0) is 13.2 Å². The normalized spacial score (nSPS) is 9.86. The summed E-state index contributed by atoms with van der Waals surface area (Å²) in [6, 6.07) is 4.59. The van der Waals surface area contributed by atoms with Crippen LogP contribution < -0.4 is 10.5 Å². The molecule has 1 amide bonds. The molecule has 0 radical (unpaired) electrons. The molecule has 0 fully saturated rings. The molecule has 1 aromatic carbocycles. The van der Waals surface area contributed by atoms with E-state index in [0.717, 1.165) is 0 Å². The van der Waals surface area contributed by atoms with E-state index in [9.17, 15) is 4.79 Å². The maximum Gasteiger partial charge on any atom is 0.409 e. The topological polar surface area (TPSA) is 92.8 Å². The van der Waals surface area contributed by atoms with Crippen molar-refractivity contribution in [1.82, 2.24) is 0 Å². The Morgan fingerprint density at radius 1 is 1.36 bits per heavy atom. The van der Waals surface area contributed by atoms with Gasteiger partial charge in [0, 0.05) is 5.56 Å². The lowest BCUT2D eigenvalue weighted by molar-refractivity contribution is 0.208. The summed E-state index contributed by atoms with van der Waals surface area (Å²) in [5.41, 5.74) is 5.87. The second-order valence-corrected chi connectivity index (χ2v) is 2.68. The molecule has 0 unspecified atom stereocenters. The zero-order chi connectivity index (χ0) is 10.6. The summed E-state index contributed by atoms with van der Waals surface area (Å²) < 4.78 is 4.63. The number of aliphatic hydroxyl groups is 2. The molecule has 4 N–H and O–H groups in total. The largest absolute Gasteiger partial charge is 0.410 e. The van der Waals surface area contributed by atoms with Gasteiger partial charge >= 0.3 is 6.09 Å². The second kappa shape index (κ2) is 4.59. The highest BCUT2D eigenvalue weighted by Crippen LogP contribution is 2.20. The first kappa shape index (κ1) is 10.5. The van der Waals surface area contributed by atoms with Crippen molar-refractivity contribution in [3.63, 3.8) is 0 Å². The maximum atomic E-state index is 10.5. The second-order valence-electron chi connectivity index (χ2n) is 2.68. The standard InChI is InChI=1S/C9H11NO4/c10-9(13)14-8-2-1-6(4-11)3-7(8)5-12/h1-3,11-12H,4-5H2,(H2,10,13). The predicted octanol–water partition coefficient (Wildman–Crippen LogP) is 0.129. The van der Waals surface area contributed by atoms with Crippen LogP contribution in [-0.4, -0.2) is 16.3 Å². The van der Waals surface area contributed by atoms with Gasteiger partial charge in [-0.25, -0.2) is 4.79 Å². The third kappa shape index (κ3) is 2.45. The number of nitrogens with two attached hydrogens (primary N) is 1. The van der Waals surface area contributed by atoms with Crippen LogP contribution in [0.2, 0.25) is 0 Å². The molecule has 5 heteroatoms. The Kier molecular flexibility index (Phi) is 3.44. The zero-order valence-electron chi connectivity index (χ0n) is 7.43. The molecular formula is C9H11NO4. The average molecular weight is 197 g/mol. The van der Waals surface area contributed by atoms with E-state index in [4.69, 9.17) is 15.9 Å². The van der Waals surface area contributed by atoms with Gasteiger partial charge in [0.2, 0.25) is 0 Å². The summed E-state index contributed by atoms with van der Waals surface area (Å²) in [4.78, 5) is 10.5. The molecule has 0 aliphatic carbocycles. The maximum absolute atomic E-state index is 10.5. The molecule has 1 aromatic rings. The van der Waals surface area contributed by atoms with Gasteiger partial charge in [0.1, 0.15) is 5.75 Å². The van der Waals surface area contributed by atoms with Crippen LogP contribution in [0.1, 0.15) is 11.1 Å². The van der Waals surface area contributed by atoms with E-state index >= 15 is 0 Å². The Balaban J connectivity index is 2.98. The smallest absolute Gasteiger partial charge is 0.409 e. The molecule has 0 bridgehead atoms. The fourth-order valence-corrected chi connectivity index (χ4v) is 1.06. The first-order valence-electron chi connectivity index (χ1n) is 3.98. The van der Waals surface area contributed by atoms with E-state index in [1.165, 1.54) is 12.1 Å². The van der Waals surface area contributed by atoms with Crippen molar-refractivity contribution in [2.24, 2.45) is 5.73 Å². The molecule has 0 aliphatic rings. The third-order valence-electron chi connectivity index (χ3n) is 1.69. The van der Waals surface area contributed by atoms with Crippen molar-refractivity contribution in [3.8, 4) is 5.75 Å². The highest BCUT2D eigenvalue weighted by atomic mass is 16.5. The molecule has 5 nitrogen and oxygen atoms in total. The van der Waals surface area contributed by atoms with Crippen molar-refractivity contribution < 1.29 is 19.7 Å². The minimum Gasteiger partial charge on any atom is -0.410 e. The molecule has 76 valence electrons. The third-order valence-corrected chi connectivity index (χ3v) is 1.69. The Labute approximate surface area is 80.7 Å². The molecule has 1 rings (SSSR count). The van der Waals surface area contributed by atoms with E-state index in [-0.39, 0.29) is 19.0 Å². The number of carbonyl (C=O) groups excluding carboxylic acids is 1. The lowest BCUT2D eigenvalue weighted by Crippen LogP contribution is -2.17. The minimum absolute atomic E-state index is 0.135. The highest BCUT2D eigenvalue weighted by molar-refractivity contribution is 5.68. The van der Waals surface area contributed by atoms with Crippen LogP contribution in [0, 0.1) is 0 Å². The van der Waals surface area contributed by atoms with E-state index in [0.29, 0.717) is 11.1 Å². The quantitative estimate of drug-likeness (QED) is 0.642. The number of amides is 1. The van der Waals surface area contributed by atoms with Gasteiger partial charge in [-0.05, 0) is 17.7 Å². The first-order chi connectivity index (χ1) is 6.67. The molecule has 14 heavy (non-hydrogen) atoms. The molecule has 0 spiro atoms. The van der Waals surface area contributed by atoms with Crippen LogP contribution in [0.4, 0.5) is 4.79 Å². The van der Waals surface area contributed by atoms with Gasteiger partial charge in [-0.3, -0.25) is 0 Å². The van der Waals surface area contributed by atoms with Crippen LogP contribution in [0.15, 0.2) is 18.2 Å². The molecule has 0 saturated heterocycles. The van der Waals surface area contributed by atoms with E-state index < -0.39 is 6.09 Å². The van der Waals surface area contributed by atoms with E-state index in [1.54, 1.807) is 6.07 Å². The summed E-state index contributed by atoms with van der Waals surface area (Å²) in [6.07, 6.45) is -0.934. The molecule has 0 aliphatic heterocycles. The number of aliphatic hydroxyl groups excluding tert-OH is 2. The summed E-state index contributed by atoms with van der Waals surface area (Å²) in [5.74, 6) is 0.206. The number of hydrogen-bond acceptors (Lipinski definition) is 4. The van der Waals surface area contributed by atoms with Gasteiger partial charge in [-0.2, -0.15) is 0 Å². The van der Waals surface area contributed by atoms with Crippen molar-refractivity contribution in [2.45, 2.75) is 13.2 Å². The molecule has 0 heterocycles. The monoisotopic (exact) mass is 197 g/mol. The fourth-order valence-electron chi connectivity index (χ4n) is 1.06. The van der Waals surface area contributed by atoms with E-state index in [2.05, 4.69) is 4.74 Å². The van der Waals surface area contributed by atoms with Crippen LogP contribution in [0.25, 0.3) is 0 Å². The summed E-state index contributed by atoms with van der Waals surface area (Å²) in [5, 5.41) is 17.8. The van der Waals surface area contributed by atoms with Gasteiger partial charge in [-0.15, -0.1) is 0 Å². The van der Waals surface area contributed by atoms with Crippen molar-refractivity contribution >= 4 is 6.09 Å². The van der Waals surface area contributed by atoms with Gasteiger partial charge in [0.15, 0.2) is 0 Å².